The molecule has 0 saturated heterocycles. The molecule has 0 fully saturated rings. The first-order valence-electron chi connectivity index (χ1n) is 11.8. The number of nitrogens with zero attached hydrogens (tertiary/aromatic N) is 4. The van der Waals surface area contributed by atoms with Gasteiger partial charge in [0.2, 0.25) is 5.91 Å². The first kappa shape index (κ1) is 24.4. The number of pyridine rings is 2. The number of para-hydroxylation sites is 1. The number of hydrogen-bond acceptors (Lipinski definition) is 5. The largest absolute Gasteiger partial charge is 0.309 e. The van der Waals surface area contributed by atoms with E-state index < -0.39 is 6.04 Å². The fourth-order valence-electron chi connectivity index (χ4n) is 4.23. The highest BCUT2D eigenvalue weighted by molar-refractivity contribution is 6.34. The van der Waals surface area contributed by atoms with Crippen molar-refractivity contribution in [2.75, 3.05) is 12.4 Å². The molecule has 2 N–H and O–H groups in total. The molecule has 0 aliphatic rings. The van der Waals surface area contributed by atoms with Crippen molar-refractivity contribution in [3.8, 4) is 23.0 Å². The number of aryl methyl sites for hydroxylation is 2. The summed E-state index contributed by atoms with van der Waals surface area (Å²) in [6.45, 7) is 3.76. The molecule has 0 bridgehead atoms. The maximum atomic E-state index is 12.6. The zero-order valence-electron chi connectivity index (χ0n) is 20.9. The van der Waals surface area contributed by atoms with E-state index in [4.69, 9.17) is 11.6 Å². The molecule has 0 aliphatic carbocycles. The number of carbonyl (C=O) groups is 1. The van der Waals surface area contributed by atoms with E-state index in [-0.39, 0.29) is 5.91 Å². The highest BCUT2D eigenvalue weighted by Crippen LogP contribution is 2.36. The van der Waals surface area contributed by atoms with E-state index in [1.165, 1.54) is 0 Å². The maximum absolute atomic E-state index is 12.6. The number of carbonyl (C=O) groups excluding carboxylic acids is 1. The van der Waals surface area contributed by atoms with Crippen LogP contribution in [0.3, 0.4) is 0 Å². The van der Waals surface area contributed by atoms with Gasteiger partial charge in [0.15, 0.2) is 0 Å². The summed E-state index contributed by atoms with van der Waals surface area (Å²) in [6, 6.07) is 15.3. The lowest BCUT2D eigenvalue weighted by atomic mass is 10.0. The molecule has 5 aromatic rings. The van der Waals surface area contributed by atoms with Gasteiger partial charge in [0.25, 0.3) is 0 Å². The van der Waals surface area contributed by atoms with E-state index >= 15 is 0 Å². The predicted molar refractivity (Wildman–Crippen MR) is 149 cm³/mol. The van der Waals surface area contributed by atoms with Crippen molar-refractivity contribution in [2.45, 2.75) is 19.9 Å². The van der Waals surface area contributed by atoms with E-state index in [1.807, 2.05) is 62.6 Å². The Balaban J connectivity index is 1.65. The number of rotatable bonds is 4. The quantitative estimate of drug-likeness (QED) is 0.330. The number of anilines is 1. The molecule has 7 nitrogen and oxygen atoms in total. The van der Waals surface area contributed by atoms with Crippen molar-refractivity contribution >= 4 is 45.0 Å². The average Bonchev–Trinajstić information content (AvgIpc) is 3.29. The van der Waals surface area contributed by atoms with E-state index in [0.29, 0.717) is 22.1 Å². The van der Waals surface area contributed by atoms with Crippen LogP contribution in [0.2, 0.25) is 5.02 Å². The third kappa shape index (κ3) is 4.77. The Bertz CT molecular complexity index is 1730. The van der Waals surface area contributed by atoms with Crippen LogP contribution in [0.5, 0.6) is 0 Å². The lowest BCUT2D eigenvalue weighted by Gasteiger charge is -2.14. The smallest absolute Gasteiger partial charge is 0.242 e. The predicted octanol–water partition coefficient (Wildman–Crippen LogP) is 5.09. The Labute approximate surface area is 219 Å². The van der Waals surface area contributed by atoms with Gasteiger partial charge in [0, 0.05) is 46.4 Å². The monoisotopic (exact) mass is 508 g/mol. The van der Waals surface area contributed by atoms with Crippen LogP contribution < -0.4 is 10.6 Å². The van der Waals surface area contributed by atoms with E-state index in [1.54, 1.807) is 30.9 Å². The summed E-state index contributed by atoms with van der Waals surface area (Å²) in [4.78, 5) is 21.6. The van der Waals surface area contributed by atoms with Gasteiger partial charge in [-0.25, -0.2) is 4.98 Å². The van der Waals surface area contributed by atoms with E-state index in [0.717, 1.165) is 38.5 Å². The highest BCUT2D eigenvalue weighted by Gasteiger charge is 2.18. The number of aromatic nitrogens is 4. The van der Waals surface area contributed by atoms with Crippen LogP contribution in [0.1, 0.15) is 23.9 Å². The molecule has 2 aromatic carbocycles. The first-order valence-corrected chi connectivity index (χ1v) is 12.2. The summed E-state index contributed by atoms with van der Waals surface area (Å²) < 4.78 is 1.81. The third-order valence-corrected chi connectivity index (χ3v) is 6.76. The van der Waals surface area contributed by atoms with Gasteiger partial charge < -0.3 is 10.6 Å². The fraction of sp³-hybridized carbons (Fsp3) is 0.172. The molecule has 1 atom stereocenters. The number of likely N-dealkylation sites (N-methyl/N-ethyl adjacent to an activating group) is 1. The Hall–Kier alpha value is -4.25. The van der Waals surface area contributed by atoms with Gasteiger partial charge in [-0.05, 0) is 56.5 Å². The summed E-state index contributed by atoms with van der Waals surface area (Å²) >= 11 is 6.92. The van der Waals surface area contributed by atoms with Gasteiger partial charge in [0.05, 0.1) is 22.8 Å². The SMILES string of the molecule is CN[C@H](C)C(=O)Nc1cc(-c2cccc3cnn(C)c23)c(Cl)c(C#Cc2ccc3c(C)nccc3c2)n1. The van der Waals surface area contributed by atoms with Gasteiger partial charge in [-0.15, -0.1) is 0 Å². The van der Waals surface area contributed by atoms with Crippen molar-refractivity contribution in [3.05, 3.63) is 82.9 Å². The lowest BCUT2D eigenvalue weighted by molar-refractivity contribution is -0.117. The standard InChI is InChI=1S/C29H25ClN6O/c1-17-22-10-8-19(14-20(22)12-13-32-17)9-11-25-27(30)24(15-26(34-25)35-29(37)18(2)31-3)23-7-5-6-21-16-33-36(4)28(21)23/h5-8,10,12-16,18,31H,1-4H3,(H,34,35,37)/t18-/m1/s1. The molecule has 8 heteroatoms. The van der Waals surface area contributed by atoms with E-state index in [9.17, 15) is 4.79 Å². The van der Waals surface area contributed by atoms with Crippen LogP contribution >= 0.6 is 11.6 Å². The maximum Gasteiger partial charge on any atom is 0.242 e. The molecule has 37 heavy (non-hydrogen) atoms. The molecular formula is C29H25ClN6O. The number of hydrogen-bond donors (Lipinski definition) is 2. The Morgan fingerprint density at radius 2 is 1.92 bits per heavy atom. The fourth-order valence-corrected chi connectivity index (χ4v) is 4.47. The topological polar surface area (TPSA) is 84.7 Å². The van der Waals surface area contributed by atoms with Crippen LogP contribution in [-0.4, -0.2) is 38.7 Å². The summed E-state index contributed by atoms with van der Waals surface area (Å²) in [5, 5.41) is 13.7. The van der Waals surface area contributed by atoms with Crippen molar-refractivity contribution in [3.63, 3.8) is 0 Å². The van der Waals surface area contributed by atoms with Gasteiger partial charge in [-0.2, -0.15) is 5.10 Å². The van der Waals surface area contributed by atoms with E-state index in [2.05, 4.69) is 37.5 Å². The molecule has 5 rings (SSSR count). The minimum absolute atomic E-state index is 0.209. The van der Waals surface area contributed by atoms with Gasteiger partial charge >= 0.3 is 0 Å². The summed E-state index contributed by atoms with van der Waals surface area (Å²) in [5.41, 5.74) is 4.67. The Morgan fingerprint density at radius 1 is 1.08 bits per heavy atom. The first-order chi connectivity index (χ1) is 17.9. The minimum atomic E-state index is -0.397. The molecule has 184 valence electrons. The van der Waals surface area contributed by atoms with Crippen LogP contribution in [0.25, 0.3) is 32.8 Å². The number of nitrogens with one attached hydrogen (secondary N) is 2. The van der Waals surface area contributed by atoms with Crippen molar-refractivity contribution < 1.29 is 4.79 Å². The average molecular weight is 509 g/mol. The van der Waals surface area contributed by atoms with Crippen LogP contribution in [0.15, 0.2) is 60.9 Å². The third-order valence-electron chi connectivity index (χ3n) is 6.38. The molecule has 0 saturated carbocycles. The molecule has 0 aliphatic heterocycles. The van der Waals surface area contributed by atoms with Crippen LogP contribution in [-0.2, 0) is 11.8 Å². The molecule has 3 heterocycles. The second-order valence-electron chi connectivity index (χ2n) is 8.81. The minimum Gasteiger partial charge on any atom is -0.309 e. The zero-order valence-corrected chi connectivity index (χ0v) is 21.7. The number of fused-ring (bicyclic) bond motifs is 2. The number of benzene rings is 2. The van der Waals surface area contributed by atoms with Crippen molar-refractivity contribution in [1.29, 1.82) is 0 Å². The molecular weight excluding hydrogens is 484 g/mol. The van der Waals surface area contributed by atoms with Gasteiger partial charge in [-0.1, -0.05) is 41.8 Å². The highest BCUT2D eigenvalue weighted by atomic mass is 35.5. The zero-order chi connectivity index (χ0) is 26.1. The lowest BCUT2D eigenvalue weighted by Crippen LogP contribution is -2.35. The molecule has 0 unspecified atom stereocenters. The Kier molecular flexibility index (Phi) is 6.62. The summed E-state index contributed by atoms with van der Waals surface area (Å²) in [6.07, 6.45) is 3.60. The molecule has 1 amide bonds. The summed E-state index contributed by atoms with van der Waals surface area (Å²) in [7, 11) is 3.61. The normalized spacial score (nSPS) is 11.8. The molecule has 0 radical (unpaired) electrons. The Morgan fingerprint density at radius 3 is 2.73 bits per heavy atom. The van der Waals surface area contributed by atoms with Crippen molar-refractivity contribution in [1.82, 2.24) is 25.1 Å². The molecule has 0 spiro atoms. The second-order valence-corrected chi connectivity index (χ2v) is 9.19. The van der Waals surface area contributed by atoms with Crippen molar-refractivity contribution in [2.24, 2.45) is 7.05 Å². The van der Waals surface area contributed by atoms with Crippen LogP contribution in [0.4, 0.5) is 5.82 Å². The number of amides is 1. The van der Waals surface area contributed by atoms with Gasteiger partial charge in [0.1, 0.15) is 11.5 Å². The molecule has 3 aromatic heterocycles. The van der Waals surface area contributed by atoms with Gasteiger partial charge in [-0.3, -0.25) is 14.5 Å². The van der Waals surface area contributed by atoms with Crippen LogP contribution in [0, 0.1) is 18.8 Å². The summed E-state index contributed by atoms with van der Waals surface area (Å²) in [5.74, 6) is 6.49. The second kappa shape index (κ2) is 10.0. The number of halogens is 1.